The topological polar surface area (TPSA) is 82.5 Å². The van der Waals surface area contributed by atoms with Gasteiger partial charge in [-0.05, 0) is 38.9 Å². The van der Waals surface area contributed by atoms with Gasteiger partial charge in [0.1, 0.15) is 18.2 Å². The van der Waals surface area contributed by atoms with Crippen molar-refractivity contribution in [3.05, 3.63) is 215 Å². The maximum atomic E-state index is 14.7. The molecule has 1 atom stereocenters. The fourth-order valence-corrected chi connectivity index (χ4v) is 7.67. The maximum absolute atomic E-state index is 14.7. The summed E-state index contributed by atoms with van der Waals surface area (Å²) >= 11 is 0. The number of halogens is 5. The number of fused-ring (bicyclic) bond motifs is 3. The summed E-state index contributed by atoms with van der Waals surface area (Å²) in [4.78, 5) is 31.8. The van der Waals surface area contributed by atoms with Crippen molar-refractivity contribution in [2.75, 3.05) is 6.61 Å². The number of rotatable bonds is 11. The van der Waals surface area contributed by atoms with Crippen molar-refractivity contribution in [3.63, 3.8) is 0 Å². The number of aromatic nitrogens is 2. The number of carbonyl (C=O) groups is 2. The molecule has 0 fully saturated rings. The molecule has 7 aromatic rings. The Morgan fingerprint density at radius 3 is 1.59 bits per heavy atom. The SMILES string of the molecule is O=C(N[C@H](Cc1cn(C(c2ccccc2)(c2ccccc2)c2ccccc2)cn1)C(=O)Oc1c(F)c(F)c(F)c(F)c1F)OCC1c2ccccc2-c2ccccc21. The van der Waals surface area contributed by atoms with Crippen LogP contribution < -0.4 is 10.1 Å². The van der Waals surface area contributed by atoms with Gasteiger partial charge in [-0.1, -0.05) is 140 Å². The molecule has 0 bridgehead atoms. The van der Waals surface area contributed by atoms with Gasteiger partial charge in [0.2, 0.25) is 34.8 Å². The van der Waals surface area contributed by atoms with Gasteiger partial charge in [-0.2, -0.15) is 8.78 Å². The first kappa shape index (κ1) is 37.8. The van der Waals surface area contributed by atoms with Crippen LogP contribution in [0.25, 0.3) is 11.1 Å². The first-order valence-corrected chi connectivity index (χ1v) is 18.2. The lowest BCUT2D eigenvalue weighted by molar-refractivity contribution is -0.137. The standard InChI is InChI=1S/C46H32F5N3O4/c47-38-39(48)41(50)43(42(51)40(38)49)58-44(55)37(53-45(56)57-26-36-34-22-12-10-20-32(34)33-21-11-13-23-35(33)36)24-31-25-54(27-52-31)46(28-14-4-1-5-15-28,29-16-6-2-7-17-29)30-18-8-3-9-19-30/h1-23,25,27,36-37H,24,26H2,(H,53,56)/t37-/m1/s1. The quantitative estimate of drug-likeness (QED) is 0.0353. The van der Waals surface area contributed by atoms with Crippen LogP contribution in [0.3, 0.4) is 0 Å². The van der Waals surface area contributed by atoms with E-state index in [0.717, 1.165) is 38.9 Å². The van der Waals surface area contributed by atoms with E-state index in [-0.39, 0.29) is 18.2 Å². The monoisotopic (exact) mass is 785 g/mol. The highest BCUT2D eigenvalue weighted by atomic mass is 19.2. The van der Waals surface area contributed by atoms with Crippen molar-refractivity contribution >= 4 is 12.1 Å². The second kappa shape index (κ2) is 15.8. The molecule has 1 amide bonds. The Kier molecular flexibility index (Phi) is 10.3. The molecule has 290 valence electrons. The molecule has 0 radical (unpaired) electrons. The molecular weight excluding hydrogens is 754 g/mol. The summed E-state index contributed by atoms with van der Waals surface area (Å²) in [6.07, 6.45) is 1.64. The molecule has 0 aliphatic heterocycles. The fourth-order valence-electron chi connectivity index (χ4n) is 7.67. The Hall–Kier alpha value is -7.08. The molecule has 1 aromatic heterocycles. The van der Waals surface area contributed by atoms with E-state index in [1.54, 1.807) is 12.5 Å². The van der Waals surface area contributed by atoms with Gasteiger partial charge < -0.3 is 19.4 Å². The Bertz CT molecular complexity index is 2450. The van der Waals surface area contributed by atoms with E-state index in [1.165, 1.54) is 0 Å². The molecule has 1 aliphatic rings. The molecule has 1 aliphatic carbocycles. The van der Waals surface area contributed by atoms with Gasteiger partial charge in [-0.25, -0.2) is 27.7 Å². The molecular formula is C46H32F5N3O4. The van der Waals surface area contributed by atoms with Gasteiger partial charge in [0.05, 0.1) is 12.0 Å². The first-order chi connectivity index (χ1) is 28.2. The Morgan fingerprint density at radius 2 is 1.09 bits per heavy atom. The van der Waals surface area contributed by atoms with E-state index in [1.807, 2.05) is 144 Å². The maximum Gasteiger partial charge on any atom is 0.407 e. The Labute approximate surface area is 329 Å². The van der Waals surface area contributed by atoms with Crippen LogP contribution in [0, 0.1) is 29.1 Å². The summed E-state index contributed by atoms with van der Waals surface area (Å²) in [5.41, 5.74) is 5.55. The highest BCUT2D eigenvalue weighted by molar-refractivity contribution is 5.84. The van der Waals surface area contributed by atoms with Crippen LogP contribution in [0.15, 0.2) is 152 Å². The number of carbonyl (C=O) groups excluding carboxylic acids is 2. The lowest BCUT2D eigenvalue weighted by Gasteiger charge is -2.37. The molecule has 1 heterocycles. The average Bonchev–Trinajstić information content (AvgIpc) is 3.86. The number of hydrogen-bond donors (Lipinski definition) is 1. The molecule has 7 nitrogen and oxygen atoms in total. The van der Waals surface area contributed by atoms with E-state index < -0.39 is 64.9 Å². The number of esters is 1. The van der Waals surface area contributed by atoms with Gasteiger partial charge in [0.15, 0.2) is 0 Å². The first-order valence-electron chi connectivity index (χ1n) is 18.2. The summed E-state index contributed by atoms with van der Waals surface area (Å²) < 4.78 is 84.0. The Balaban J connectivity index is 1.14. The van der Waals surface area contributed by atoms with E-state index in [4.69, 9.17) is 9.47 Å². The van der Waals surface area contributed by atoms with E-state index in [0.29, 0.717) is 0 Å². The third-order valence-corrected chi connectivity index (χ3v) is 10.3. The van der Waals surface area contributed by atoms with Gasteiger partial charge in [-0.3, -0.25) is 0 Å². The molecule has 1 N–H and O–H groups in total. The largest absolute Gasteiger partial charge is 0.449 e. The lowest BCUT2D eigenvalue weighted by Crippen LogP contribution is -2.45. The van der Waals surface area contributed by atoms with Crippen LogP contribution in [-0.2, 0) is 21.5 Å². The van der Waals surface area contributed by atoms with Crippen molar-refractivity contribution in [1.82, 2.24) is 14.9 Å². The van der Waals surface area contributed by atoms with Gasteiger partial charge in [-0.15, -0.1) is 0 Å². The summed E-state index contributed by atoms with van der Waals surface area (Å²) in [5.74, 6) is -15.4. The Morgan fingerprint density at radius 1 is 0.638 bits per heavy atom. The molecule has 0 unspecified atom stereocenters. The van der Waals surface area contributed by atoms with Crippen LogP contribution in [0.2, 0.25) is 0 Å². The van der Waals surface area contributed by atoms with Crippen LogP contribution in [0.4, 0.5) is 26.7 Å². The van der Waals surface area contributed by atoms with Crippen LogP contribution in [0.1, 0.15) is 39.4 Å². The van der Waals surface area contributed by atoms with Gasteiger partial charge in [0, 0.05) is 18.5 Å². The summed E-state index contributed by atoms with van der Waals surface area (Å²) in [5, 5.41) is 2.39. The number of imidazole rings is 1. The van der Waals surface area contributed by atoms with Crippen molar-refractivity contribution in [2.45, 2.75) is 23.9 Å². The van der Waals surface area contributed by atoms with Gasteiger partial charge >= 0.3 is 12.1 Å². The van der Waals surface area contributed by atoms with Crippen molar-refractivity contribution in [1.29, 1.82) is 0 Å². The normalized spacial score (nSPS) is 12.7. The number of benzene rings is 6. The molecule has 0 saturated heterocycles. The third-order valence-electron chi connectivity index (χ3n) is 10.3. The number of ether oxygens (including phenoxy) is 2. The highest BCUT2D eigenvalue weighted by Crippen LogP contribution is 2.45. The zero-order valence-electron chi connectivity index (χ0n) is 30.4. The second-order valence-electron chi connectivity index (χ2n) is 13.6. The predicted molar refractivity (Wildman–Crippen MR) is 204 cm³/mol. The predicted octanol–water partition coefficient (Wildman–Crippen LogP) is 9.47. The van der Waals surface area contributed by atoms with Crippen LogP contribution in [0.5, 0.6) is 5.75 Å². The lowest BCUT2D eigenvalue weighted by atomic mass is 9.77. The minimum atomic E-state index is -2.42. The number of hydrogen-bond acceptors (Lipinski definition) is 5. The molecule has 8 rings (SSSR count). The molecule has 6 aromatic carbocycles. The summed E-state index contributed by atoms with van der Waals surface area (Å²) in [7, 11) is 0. The van der Waals surface area contributed by atoms with E-state index in [2.05, 4.69) is 10.3 Å². The summed E-state index contributed by atoms with van der Waals surface area (Å²) in [6.45, 7) is -0.151. The smallest absolute Gasteiger partial charge is 0.407 e. The van der Waals surface area contributed by atoms with Crippen molar-refractivity contribution in [3.8, 4) is 16.9 Å². The number of nitrogens with zero attached hydrogens (tertiary/aromatic N) is 2. The number of alkyl carbamates (subject to hydrolysis) is 1. The summed E-state index contributed by atoms with van der Waals surface area (Å²) in [6, 6.07) is 42.3. The van der Waals surface area contributed by atoms with E-state index >= 15 is 0 Å². The molecule has 0 saturated carbocycles. The second-order valence-corrected chi connectivity index (χ2v) is 13.6. The zero-order chi connectivity index (χ0) is 40.4. The fraction of sp³-hybridized carbons (Fsp3) is 0.109. The zero-order valence-corrected chi connectivity index (χ0v) is 30.4. The number of nitrogens with one attached hydrogen (secondary N) is 1. The van der Waals surface area contributed by atoms with Crippen LogP contribution in [-0.4, -0.2) is 34.3 Å². The van der Waals surface area contributed by atoms with Crippen LogP contribution >= 0.6 is 0 Å². The van der Waals surface area contributed by atoms with E-state index in [9.17, 15) is 31.5 Å². The molecule has 0 spiro atoms. The average molecular weight is 786 g/mol. The van der Waals surface area contributed by atoms with Gasteiger partial charge in [0.25, 0.3) is 0 Å². The molecule has 12 heteroatoms. The number of amides is 1. The highest BCUT2D eigenvalue weighted by Gasteiger charge is 2.39. The van der Waals surface area contributed by atoms with Crippen molar-refractivity contribution < 1.29 is 41.0 Å². The third kappa shape index (κ3) is 6.76. The minimum absolute atomic E-state index is 0.151. The minimum Gasteiger partial charge on any atom is -0.449 e. The van der Waals surface area contributed by atoms with Crippen molar-refractivity contribution in [2.24, 2.45) is 0 Å². The molecule has 58 heavy (non-hydrogen) atoms.